The largest absolute Gasteiger partial charge is 0.395 e. The molecule has 2 aromatic rings. The van der Waals surface area contributed by atoms with Crippen LogP contribution in [-0.4, -0.2) is 40.0 Å². The lowest BCUT2D eigenvalue weighted by atomic mass is 10.3. The van der Waals surface area contributed by atoms with Crippen molar-refractivity contribution in [2.45, 2.75) is 9.92 Å². The van der Waals surface area contributed by atoms with Crippen molar-refractivity contribution in [3.8, 4) is 0 Å². The molecule has 128 valence electrons. The number of anilines is 1. The molecular formula is C17H14ClN3O3S. The van der Waals surface area contributed by atoms with Gasteiger partial charge < -0.3 is 10.4 Å². The summed E-state index contributed by atoms with van der Waals surface area (Å²) in [5.41, 5.74) is 0.744. The van der Waals surface area contributed by atoms with Crippen LogP contribution in [0.5, 0.6) is 0 Å². The number of halogens is 1. The molecule has 0 atom stereocenters. The van der Waals surface area contributed by atoms with E-state index in [0.29, 0.717) is 10.7 Å². The number of pyridine rings is 1. The summed E-state index contributed by atoms with van der Waals surface area (Å²) in [5, 5.41) is 13.1. The van der Waals surface area contributed by atoms with Crippen molar-refractivity contribution < 1.29 is 14.7 Å². The van der Waals surface area contributed by atoms with Gasteiger partial charge in [0.25, 0.3) is 11.8 Å². The Morgan fingerprint density at radius 2 is 2.08 bits per heavy atom. The summed E-state index contributed by atoms with van der Waals surface area (Å²) in [6.45, 7) is -0.302. The maximum Gasteiger partial charge on any atom is 0.277 e. The van der Waals surface area contributed by atoms with Gasteiger partial charge in [0, 0.05) is 22.9 Å². The Labute approximate surface area is 153 Å². The third-order valence-electron chi connectivity index (χ3n) is 3.40. The van der Waals surface area contributed by atoms with Gasteiger partial charge in [-0.3, -0.25) is 14.5 Å². The fourth-order valence-electron chi connectivity index (χ4n) is 2.25. The van der Waals surface area contributed by atoms with Gasteiger partial charge in [-0.05, 0) is 30.3 Å². The number of benzene rings is 1. The van der Waals surface area contributed by atoms with Gasteiger partial charge in [-0.15, -0.1) is 0 Å². The maximum atomic E-state index is 12.1. The van der Waals surface area contributed by atoms with Crippen LogP contribution in [0.1, 0.15) is 0 Å². The minimum Gasteiger partial charge on any atom is -0.395 e. The second-order valence-electron chi connectivity index (χ2n) is 5.12. The third kappa shape index (κ3) is 4.01. The van der Waals surface area contributed by atoms with Crippen LogP contribution in [0.4, 0.5) is 5.69 Å². The number of aliphatic hydroxyl groups is 1. The summed E-state index contributed by atoms with van der Waals surface area (Å²) >= 11 is 7.74. The predicted octanol–water partition coefficient (Wildman–Crippen LogP) is 2.54. The Morgan fingerprint density at radius 1 is 1.24 bits per heavy atom. The number of amides is 2. The van der Waals surface area contributed by atoms with Crippen LogP contribution in [0, 0.1) is 0 Å². The Bertz CT molecular complexity index is 842. The standard InChI is InChI=1S/C17H14ClN3O3S/c18-12-9-11(4-5-14(12)25-15-3-1-2-6-19-15)20-13-10-16(23)21(7-8-22)17(13)24/h1-6,9-10,20,22H,7-8H2. The summed E-state index contributed by atoms with van der Waals surface area (Å²) in [5.74, 6) is -0.919. The Hall–Kier alpha value is -2.35. The van der Waals surface area contributed by atoms with Crippen molar-refractivity contribution in [1.29, 1.82) is 0 Å². The lowest BCUT2D eigenvalue weighted by Crippen LogP contribution is -2.34. The number of rotatable bonds is 6. The molecule has 2 heterocycles. The third-order valence-corrected chi connectivity index (χ3v) is 4.85. The zero-order valence-corrected chi connectivity index (χ0v) is 14.5. The number of nitrogens with zero attached hydrogens (tertiary/aromatic N) is 2. The molecule has 8 heteroatoms. The van der Waals surface area contributed by atoms with Crippen LogP contribution in [-0.2, 0) is 9.59 Å². The second kappa shape index (κ2) is 7.69. The van der Waals surface area contributed by atoms with Gasteiger partial charge in [-0.2, -0.15) is 0 Å². The highest BCUT2D eigenvalue weighted by molar-refractivity contribution is 7.99. The summed E-state index contributed by atoms with van der Waals surface area (Å²) in [6, 6.07) is 10.9. The lowest BCUT2D eigenvalue weighted by molar-refractivity contribution is -0.137. The minimum absolute atomic E-state index is 0.0280. The van der Waals surface area contributed by atoms with E-state index in [0.717, 1.165) is 14.8 Å². The molecule has 1 aliphatic rings. The number of carbonyl (C=O) groups is 2. The predicted molar refractivity (Wildman–Crippen MR) is 95.3 cm³/mol. The van der Waals surface area contributed by atoms with Crippen LogP contribution >= 0.6 is 23.4 Å². The molecule has 0 saturated heterocycles. The zero-order chi connectivity index (χ0) is 17.8. The monoisotopic (exact) mass is 375 g/mol. The van der Waals surface area contributed by atoms with Crippen LogP contribution in [0.25, 0.3) is 0 Å². The molecule has 1 aromatic heterocycles. The molecule has 1 aromatic carbocycles. The Morgan fingerprint density at radius 3 is 2.76 bits per heavy atom. The molecule has 0 spiro atoms. The van der Waals surface area contributed by atoms with E-state index < -0.39 is 11.8 Å². The van der Waals surface area contributed by atoms with Crippen LogP contribution < -0.4 is 5.32 Å². The van der Waals surface area contributed by atoms with E-state index in [1.807, 2.05) is 24.3 Å². The Balaban J connectivity index is 1.72. The molecule has 6 nitrogen and oxygen atoms in total. The highest BCUT2D eigenvalue weighted by Crippen LogP contribution is 2.34. The first-order chi connectivity index (χ1) is 12.1. The molecule has 2 amide bonds. The van der Waals surface area contributed by atoms with Gasteiger partial charge in [-0.25, -0.2) is 4.98 Å². The Kier molecular flexibility index (Phi) is 5.37. The van der Waals surface area contributed by atoms with Crippen molar-refractivity contribution in [2.75, 3.05) is 18.5 Å². The summed E-state index contributed by atoms with van der Waals surface area (Å²) in [4.78, 5) is 29.9. The lowest BCUT2D eigenvalue weighted by Gasteiger charge is -2.13. The molecule has 0 aliphatic carbocycles. The molecule has 3 rings (SSSR count). The van der Waals surface area contributed by atoms with E-state index in [1.54, 1.807) is 18.3 Å². The quantitative estimate of drug-likeness (QED) is 0.755. The first kappa shape index (κ1) is 17.5. The molecule has 0 fully saturated rings. The van der Waals surface area contributed by atoms with Crippen molar-refractivity contribution in [2.24, 2.45) is 0 Å². The molecule has 0 saturated carbocycles. The van der Waals surface area contributed by atoms with E-state index in [4.69, 9.17) is 16.7 Å². The number of aliphatic hydroxyl groups excluding tert-OH is 1. The van der Waals surface area contributed by atoms with Crippen molar-refractivity contribution in [3.05, 3.63) is 59.4 Å². The zero-order valence-electron chi connectivity index (χ0n) is 13.0. The van der Waals surface area contributed by atoms with Crippen LogP contribution in [0.15, 0.2) is 64.3 Å². The smallest absolute Gasteiger partial charge is 0.277 e. The summed E-state index contributed by atoms with van der Waals surface area (Å²) < 4.78 is 0. The first-order valence-electron chi connectivity index (χ1n) is 7.42. The van der Waals surface area contributed by atoms with E-state index in [2.05, 4.69) is 10.3 Å². The van der Waals surface area contributed by atoms with Crippen LogP contribution in [0.3, 0.4) is 0 Å². The minimum atomic E-state index is -0.470. The SMILES string of the molecule is O=C1C=C(Nc2ccc(Sc3ccccn3)c(Cl)c2)C(=O)N1CCO. The molecule has 0 bridgehead atoms. The molecule has 25 heavy (non-hydrogen) atoms. The summed E-state index contributed by atoms with van der Waals surface area (Å²) in [7, 11) is 0. The average Bonchev–Trinajstić information content (AvgIpc) is 2.86. The number of hydrogen-bond acceptors (Lipinski definition) is 6. The fourth-order valence-corrected chi connectivity index (χ4v) is 3.32. The highest BCUT2D eigenvalue weighted by atomic mass is 35.5. The molecule has 0 unspecified atom stereocenters. The first-order valence-corrected chi connectivity index (χ1v) is 8.62. The van der Waals surface area contributed by atoms with Gasteiger partial charge >= 0.3 is 0 Å². The molecule has 1 aliphatic heterocycles. The average molecular weight is 376 g/mol. The van der Waals surface area contributed by atoms with Crippen molar-refractivity contribution >= 4 is 40.9 Å². The number of nitrogens with one attached hydrogen (secondary N) is 1. The van der Waals surface area contributed by atoms with Gasteiger partial charge in [-0.1, -0.05) is 29.4 Å². The second-order valence-corrected chi connectivity index (χ2v) is 6.59. The van der Waals surface area contributed by atoms with E-state index >= 15 is 0 Å². The van der Waals surface area contributed by atoms with Gasteiger partial charge in [0.15, 0.2) is 0 Å². The van der Waals surface area contributed by atoms with Gasteiger partial charge in [0.1, 0.15) is 10.7 Å². The number of hydrogen-bond donors (Lipinski definition) is 2. The number of carbonyl (C=O) groups excluding carboxylic acids is 2. The van der Waals surface area contributed by atoms with Crippen molar-refractivity contribution in [3.63, 3.8) is 0 Å². The van der Waals surface area contributed by atoms with E-state index in [9.17, 15) is 9.59 Å². The molecular weight excluding hydrogens is 362 g/mol. The van der Waals surface area contributed by atoms with E-state index in [-0.39, 0.29) is 18.8 Å². The van der Waals surface area contributed by atoms with Crippen LogP contribution in [0.2, 0.25) is 5.02 Å². The van der Waals surface area contributed by atoms with Gasteiger partial charge in [0.2, 0.25) is 0 Å². The molecule has 0 radical (unpaired) electrons. The fraction of sp³-hybridized carbons (Fsp3) is 0.118. The molecule has 2 N–H and O–H groups in total. The summed E-state index contributed by atoms with van der Waals surface area (Å²) in [6.07, 6.45) is 2.92. The number of imide groups is 1. The highest BCUT2D eigenvalue weighted by Gasteiger charge is 2.30. The van der Waals surface area contributed by atoms with Crippen molar-refractivity contribution in [1.82, 2.24) is 9.88 Å². The van der Waals surface area contributed by atoms with Gasteiger partial charge in [0.05, 0.1) is 18.2 Å². The van der Waals surface area contributed by atoms with E-state index in [1.165, 1.54) is 17.8 Å². The maximum absolute atomic E-state index is 12.1. The number of β-amino-alcohol motifs (C(OH)–C–C–N with tert-alkyl or cyclic N) is 1. The number of aromatic nitrogens is 1. The normalized spacial score (nSPS) is 14.0. The topological polar surface area (TPSA) is 82.5 Å².